The zero-order valence-electron chi connectivity index (χ0n) is 11.1. The molecule has 2 heterocycles. The van der Waals surface area contributed by atoms with E-state index < -0.39 is 0 Å². The lowest BCUT2D eigenvalue weighted by Gasteiger charge is -2.19. The van der Waals surface area contributed by atoms with E-state index in [1.807, 2.05) is 6.92 Å². The van der Waals surface area contributed by atoms with Gasteiger partial charge in [0.15, 0.2) is 0 Å². The number of nitriles is 1. The zero-order chi connectivity index (χ0) is 12.9. The van der Waals surface area contributed by atoms with Crippen LogP contribution in [-0.4, -0.2) is 28.6 Å². The summed E-state index contributed by atoms with van der Waals surface area (Å²) >= 11 is 0. The Labute approximate surface area is 108 Å². The molecule has 4 nitrogen and oxygen atoms in total. The highest BCUT2D eigenvalue weighted by atomic mass is 15.3. The van der Waals surface area contributed by atoms with Crippen molar-refractivity contribution in [1.82, 2.24) is 9.47 Å². The number of aromatic nitrogens is 1. The summed E-state index contributed by atoms with van der Waals surface area (Å²) < 4.78 is 2.19. The number of nitrogens with two attached hydrogens (primary N) is 1. The van der Waals surface area contributed by atoms with E-state index in [4.69, 9.17) is 5.73 Å². The van der Waals surface area contributed by atoms with E-state index in [0.29, 0.717) is 17.4 Å². The highest BCUT2D eigenvalue weighted by Gasteiger charge is 2.36. The van der Waals surface area contributed by atoms with Gasteiger partial charge in [-0.1, -0.05) is 0 Å². The first-order valence-corrected chi connectivity index (χ1v) is 6.74. The lowest BCUT2D eigenvalue weighted by molar-refractivity contribution is 0.314. The van der Waals surface area contributed by atoms with Gasteiger partial charge in [-0.05, 0) is 38.7 Å². The molecule has 96 valence electrons. The minimum Gasteiger partial charge on any atom is -0.384 e. The molecule has 1 saturated carbocycles. The van der Waals surface area contributed by atoms with Gasteiger partial charge in [0.05, 0.1) is 5.56 Å². The predicted molar refractivity (Wildman–Crippen MR) is 71.3 cm³/mol. The molecule has 1 unspecified atom stereocenters. The molecule has 0 bridgehead atoms. The van der Waals surface area contributed by atoms with Crippen LogP contribution in [0.5, 0.6) is 0 Å². The number of rotatable bonds is 2. The largest absolute Gasteiger partial charge is 0.384 e. The van der Waals surface area contributed by atoms with Gasteiger partial charge in [0, 0.05) is 30.9 Å². The molecule has 1 saturated heterocycles. The van der Waals surface area contributed by atoms with Crippen LogP contribution < -0.4 is 5.73 Å². The molecule has 0 spiro atoms. The van der Waals surface area contributed by atoms with Crippen LogP contribution in [0.25, 0.3) is 0 Å². The fourth-order valence-corrected chi connectivity index (χ4v) is 3.22. The first-order chi connectivity index (χ1) is 8.63. The van der Waals surface area contributed by atoms with Crippen LogP contribution in [-0.2, 0) is 0 Å². The van der Waals surface area contributed by atoms with Gasteiger partial charge in [0.25, 0.3) is 0 Å². The number of anilines is 1. The highest BCUT2D eigenvalue weighted by molar-refractivity contribution is 5.58. The lowest BCUT2D eigenvalue weighted by atomic mass is 10.2. The Balaban J connectivity index is 1.91. The second-order valence-electron chi connectivity index (χ2n) is 5.62. The molecule has 0 aromatic carbocycles. The van der Waals surface area contributed by atoms with Crippen molar-refractivity contribution < 1.29 is 0 Å². The summed E-state index contributed by atoms with van der Waals surface area (Å²) in [7, 11) is 0. The molecule has 4 heteroatoms. The Hall–Kier alpha value is -1.47. The first kappa shape index (κ1) is 11.6. The average Bonchev–Trinajstić information content (AvgIpc) is 3.05. The van der Waals surface area contributed by atoms with Crippen LogP contribution in [0.4, 0.5) is 5.82 Å². The van der Waals surface area contributed by atoms with Crippen molar-refractivity contribution in [2.24, 2.45) is 0 Å². The minimum absolute atomic E-state index is 0.450. The molecule has 1 aromatic rings. The number of nitrogen functional groups attached to an aromatic ring is 1. The quantitative estimate of drug-likeness (QED) is 0.865. The zero-order valence-corrected chi connectivity index (χ0v) is 11.1. The molecule has 0 radical (unpaired) electrons. The van der Waals surface area contributed by atoms with Crippen molar-refractivity contribution in [2.75, 3.05) is 18.8 Å². The maximum absolute atomic E-state index is 9.18. The normalized spacial score (nSPS) is 24.4. The number of likely N-dealkylation sites (tertiary alicyclic amines) is 1. The summed E-state index contributed by atoms with van der Waals surface area (Å²) in [5.41, 5.74) is 9.02. The molecular formula is C14H20N4. The molecule has 1 aliphatic carbocycles. The topological polar surface area (TPSA) is 58.0 Å². The average molecular weight is 244 g/mol. The Morgan fingerprint density at radius 1 is 1.22 bits per heavy atom. The molecule has 2 aliphatic rings. The van der Waals surface area contributed by atoms with E-state index in [0.717, 1.165) is 30.3 Å². The third-order valence-corrected chi connectivity index (χ3v) is 4.53. The standard InChI is InChI=1S/C14H20N4/c1-9-10(2)18(14(16)13(9)7-15)12-5-6-17(8-12)11-3-4-11/h11-12H,3-6,8,16H2,1-2H3. The second kappa shape index (κ2) is 4.03. The van der Waals surface area contributed by atoms with Gasteiger partial charge in [0.2, 0.25) is 0 Å². The summed E-state index contributed by atoms with van der Waals surface area (Å²) in [6.07, 6.45) is 3.87. The molecule has 3 rings (SSSR count). The molecular weight excluding hydrogens is 224 g/mol. The smallest absolute Gasteiger partial charge is 0.122 e. The predicted octanol–water partition coefficient (Wildman–Crippen LogP) is 1.97. The van der Waals surface area contributed by atoms with E-state index in [9.17, 15) is 5.26 Å². The molecule has 18 heavy (non-hydrogen) atoms. The maximum atomic E-state index is 9.18. The second-order valence-corrected chi connectivity index (χ2v) is 5.62. The van der Waals surface area contributed by atoms with E-state index in [1.165, 1.54) is 19.4 Å². The van der Waals surface area contributed by atoms with Crippen LogP contribution in [0, 0.1) is 25.2 Å². The number of hydrogen-bond acceptors (Lipinski definition) is 3. The fourth-order valence-electron chi connectivity index (χ4n) is 3.22. The lowest BCUT2D eigenvalue weighted by Crippen LogP contribution is -2.24. The summed E-state index contributed by atoms with van der Waals surface area (Å²) in [5.74, 6) is 0.662. The Morgan fingerprint density at radius 2 is 1.94 bits per heavy atom. The summed E-state index contributed by atoms with van der Waals surface area (Å²) in [4.78, 5) is 2.57. The third kappa shape index (κ3) is 1.62. The van der Waals surface area contributed by atoms with Gasteiger partial charge in [0.1, 0.15) is 11.9 Å². The third-order valence-electron chi connectivity index (χ3n) is 4.53. The van der Waals surface area contributed by atoms with Gasteiger partial charge < -0.3 is 10.3 Å². The Morgan fingerprint density at radius 3 is 2.50 bits per heavy atom. The molecule has 2 N–H and O–H groups in total. The monoisotopic (exact) mass is 244 g/mol. The van der Waals surface area contributed by atoms with Gasteiger partial charge >= 0.3 is 0 Å². The van der Waals surface area contributed by atoms with E-state index in [2.05, 4.69) is 22.5 Å². The number of hydrogen-bond donors (Lipinski definition) is 1. The van der Waals surface area contributed by atoms with Crippen molar-refractivity contribution in [3.63, 3.8) is 0 Å². The SMILES string of the molecule is Cc1c(C#N)c(N)n(C2CCN(C3CC3)C2)c1C. The summed E-state index contributed by atoms with van der Waals surface area (Å²) in [6, 6.07) is 3.51. The van der Waals surface area contributed by atoms with Crippen LogP contribution in [0.15, 0.2) is 0 Å². The van der Waals surface area contributed by atoms with E-state index in [1.54, 1.807) is 0 Å². The van der Waals surface area contributed by atoms with Crippen LogP contribution in [0.1, 0.15) is 42.1 Å². The molecule has 1 aromatic heterocycles. The van der Waals surface area contributed by atoms with Crippen molar-refractivity contribution in [3.8, 4) is 6.07 Å². The summed E-state index contributed by atoms with van der Waals surface area (Å²) in [6.45, 7) is 6.34. The van der Waals surface area contributed by atoms with Crippen molar-refractivity contribution in [3.05, 3.63) is 16.8 Å². The molecule has 1 atom stereocenters. The first-order valence-electron chi connectivity index (χ1n) is 6.74. The van der Waals surface area contributed by atoms with Gasteiger partial charge in [-0.2, -0.15) is 5.26 Å². The van der Waals surface area contributed by atoms with Crippen LogP contribution in [0.2, 0.25) is 0 Å². The van der Waals surface area contributed by atoms with Gasteiger partial charge in [-0.15, -0.1) is 0 Å². The molecule has 2 fully saturated rings. The van der Waals surface area contributed by atoms with Gasteiger partial charge in [-0.25, -0.2) is 0 Å². The Bertz CT molecular complexity index is 519. The van der Waals surface area contributed by atoms with Crippen LogP contribution in [0.3, 0.4) is 0 Å². The van der Waals surface area contributed by atoms with E-state index >= 15 is 0 Å². The van der Waals surface area contributed by atoms with E-state index in [-0.39, 0.29) is 0 Å². The maximum Gasteiger partial charge on any atom is 0.122 e. The van der Waals surface area contributed by atoms with Gasteiger partial charge in [-0.3, -0.25) is 4.90 Å². The van der Waals surface area contributed by atoms with Crippen LogP contribution >= 0.6 is 0 Å². The van der Waals surface area contributed by atoms with Crippen molar-refractivity contribution >= 4 is 5.82 Å². The number of nitrogens with zero attached hydrogens (tertiary/aromatic N) is 3. The molecule has 1 aliphatic heterocycles. The summed E-state index contributed by atoms with van der Waals surface area (Å²) in [5, 5.41) is 9.18. The minimum atomic E-state index is 0.450. The highest BCUT2D eigenvalue weighted by Crippen LogP contribution is 2.36. The van der Waals surface area contributed by atoms with Crippen molar-refractivity contribution in [1.29, 1.82) is 5.26 Å². The Kier molecular flexibility index (Phi) is 2.60. The molecule has 0 amide bonds. The van der Waals surface area contributed by atoms with Crippen molar-refractivity contribution in [2.45, 2.75) is 45.2 Å². The fraction of sp³-hybridized carbons (Fsp3) is 0.643.